The number of nitrogens with zero attached hydrogens (tertiary/aromatic N) is 3. The highest BCUT2D eigenvalue weighted by molar-refractivity contribution is 6.09. The largest absolute Gasteiger partial charge is 0.340 e. The molecule has 0 radical (unpaired) electrons. The Balaban J connectivity index is 1.94. The first-order valence-corrected chi connectivity index (χ1v) is 13.2. The van der Waals surface area contributed by atoms with Crippen LogP contribution in [0, 0.1) is 0 Å². The predicted octanol–water partition coefficient (Wildman–Crippen LogP) is 7.29. The molecule has 1 atom stereocenters. The summed E-state index contributed by atoms with van der Waals surface area (Å²) in [6, 6.07) is 19.3. The Labute approximate surface area is 211 Å². The average Bonchev–Trinajstić information content (AvgIpc) is 3.43. The number of amidine groups is 1. The fourth-order valence-corrected chi connectivity index (χ4v) is 5.53. The van der Waals surface area contributed by atoms with E-state index in [1.165, 1.54) is 29.5 Å². The van der Waals surface area contributed by atoms with Crippen LogP contribution in [0.15, 0.2) is 76.9 Å². The molecule has 1 saturated heterocycles. The molecule has 0 spiro atoms. The molecular formula is C31H39N3O. The van der Waals surface area contributed by atoms with Gasteiger partial charge in [0.15, 0.2) is 5.84 Å². The number of benzene rings is 2. The van der Waals surface area contributed by atoms with Crippen LogP contribution in [0.2, 0.25) is 0 Å². The molecular weight excluding hydrogens is 430 g/mol. The van der Waals surface area contributed by atoms with Crippen LogP contribution in [0.4, 0.5) is 0 Å². The number of allylic oxidation sites excluding steroid dienone is 2. The van der Waals surface area contributed by atoms with Crippen molar-refractivity contribution in [3.05, 3.63) is 77.5 Å². The van der Waals surface area contributed by atoms with Crippen molar-refractivity contribution < 1.29 is 4.79 Å². The Morgan fingerprint density at radius 1 is 1.03 bits per heavy atom. The third-order valence-electron chi connectivity index (χ3n) is 7.58. The van der Waals surface area contributed by atoms with Gasteiger partial charge in [0.2, 0.25) is 5.91 Å². The van der Waals surface area contributed by atoms with Gasteiger partial charge in [0.05, 0.1) is 11.4 Å². The van der Waals surface area contributed by atoms with E-state index in [0.29, 0.717) is 6.04 Å². The van der Waals surface area contributed by atoms with Gasteiger partial charge >= 0.3 is 0 Å². The van der Waals surface area contributed by atoms with Gasteiger partial charge in [0.1, 0.15) is 6.04 Å². The fraction of sp³-hybridized carbons (Fsp3) is 0.419. The lowest BCUT2D eigenvalue weighted by Crippen LogP contribution is -2.60. The molecule has 1 aliphatic carbocycles. The van der Waals surface area contributed by atoms with Crippen LogP contribution in [0.25, 0.3) is 16.8 Å². The van der Waals surface area contributed by atoms with Crippen molar-refractivity contribution in [2.45, 2.75) is 78.3 Å². The SMILES string of the molecule is C\C=C1/C(=N/C(=C(\C)CC)c2ccccc2-c2ccccc2)N(C2CCCC2)C(CC)C(=O)N1C. The minimum Gasteiger partial charge on any atom is -0.340 e. The topological polar surface area (TPSA) is 35.9 Å². The zero-order valence-corrected chi connectivity index (χ0v) is 21.9. The van der Waals surface area contributed by atoms with Crippen LogP contribution in [-0.4, -0.2) is 40.7 Å². The second-order valence-electron chi connectivity index (χ2n) is 9.67. The summed E-state index contributed by atoms with van der Waals surface area (Å²) < 4.78 is 0. The molecule has 0 N–H and O–H groups in total. The number of piperazine rings is 1. The summed E-state index contributed by atoms with van der Waals surface area (Å²) >= 11 is 0. The lowest BCUT2D eigenvalue weighted by Gasteiger charge is -2.45. The summed E-state index contributed by atoms with van der Waals surface area (Å²) in [4.78, 5) is 23.1. The number of hydrogen-bond acceptors (Lipinski definition) is 2. The molecule has 1 aliphatic heterocycles. The summed E-state index contributed by atoms with van der Waals surface area (Å²) in [5.74, 6) is 1.12. The first kappa shape index (κ1) is 25.0. The highest BCUT2D eigenvalue weighted by atomic mass is 16.2. The quantitative estimate of drug-likeness (QED) is 0.445. The standard InChI is InChI=1S/C31H39N3O/c1-6-22(4)29(26-21-15-14-20-25(26)23-16-10-9-11-17-23)32-30-27(7-2)33(5)31(35)28(8-3)34(30)24-18-12-13-19-24/h7,9-11,14-17,20-21,24,28H,6,8,12-13,18-19H2,1-5H3/b27-7+,29-22+,32-30-. The van der Waals surface area contributed by atoms with E-state index in [-0.39, 0.29) is 11.9 Å². The first-order valence-electron chi connectivity index (χ1n) is 13.2. The average molecular weight is 470 g/mol. The molecule has 4 heteroatoms. The molecule has 2 aliphatic rings. The zero-order valence-electron chi connectivity index (χ0n) is 21.9. The summed E-state index contributed by atoms with van der Waals surface area (Å²) in [6.07, 6.45) is 8.41. The minimum absolute atomic E-state index is 0.168. The van der Waals surface area contributed by atoms with E-state index in [1.54, 1.807) is 0 Å². The van der Waals surface area contributed by atoms with Gasteiger partial charge in [0.25, 0.3) is 0 Å². The molecule has 1 unspecified atom stereocenters. The number of carbonyl (C=O) groups excluding carboxylic acids is 1. The smallest absolute Gasteiger partial charge is 0.249 e. The lowest BCUT2D eigenvalue weighted by molar-refractivity contribution is -0.134. The van der Waals surface area contributed by atoms with Gasteiger partial charge < -0.3 is 9.80 Å². The summed E-state index contributed by atoms with van der Waals surface area (Å²) in [5.41, 5.74) is 6.68. The summed E-state index contributed by atoms with van der Waals surface area (Å²) in [6.45, 7) is 8.51. The van der Waals surface area contributed by atoms with E-state index in [2.05, 4.69) is 80.3 Å². The van der Waals surface area contributed by atoms with Crippen molar-refractivity contribution >= 4 is 17.4 Å². The molecule has 1 saturated carbocycles. The Bertz CT molecular complexity index is 1140. The number of hydrogen-bond donors (Lipinski definition) is 0. The van der Waals surface area contributed by atoms with Crippen molar-refractivity contribution in [1.82, 2.24) is 9.80 Å². The normalized spacial score (nSPS) is 22.3. The van der Waals surface area contributed by atoms with Crippen LogP contribution in [0.5, 0.6) is 0 Å². The van der Waals surface area contributed by atoms with Gasteiger partial charge in [0, 0.05) is 18.7 Å². The van der Waals surface area contributed by atoms with Crippen molar-refractivity contribution in [2.24, 2.45) is 4.99 Å². The Kier molecular flexibility index (Phi) is 7.90. The summed E-state index contributed by atoms with van der Waals surface area (Å²) in [5, 5.41) is 0. The van der Waals surface area contributed by atoms with Crippen LogP contribution in [-0.2, 0) is 4.79 Å². The van der Waals surface area contributed by atoms with E-state index >= 15 is 0 Å². The number of aliphatic imine (C=N–C) groups is 1. The third-order valence-corrected chi connectivity index (χ3v) is 7.58. The molecule has 2 fully saturated rings. The second kappa shape index (κ2) is 11.1. The molecule has 1 amide bonds. The van der Waals surface area contributed by atoms with Crippen molar-refractivity contribution in [2.75, 3.05) is 7.05 Å². The van der Waals surface area contributed by atoms with Gasteiger partial charge in [-0.2, -0.15) is 0 Å². The van der Waals surface area contributed by atoms with E-state index < -0.39 is 0 Å². The minimum atomic E-state index is -0.168. The Morgan fingerprint density at radius 2 is 1.69 bits per heavy atom. The third kappa shape index (κ3) is 4.84. The fourth-order valence-electron chi connectivity index (χ4n) is 5.53. The lowest BCUT2D eigenvalue weighted by atomic mass is 9.95. The van der Waals surface area contributed by atoms with E-state index in [1.807, 2.05) is 24.9 Å². The van der Waals surface area contributed by atoms with Gasteiger partial charge in [-0.25, -0.2) is 4.99 Å². The highest BCUT2D eigenvalue weighted by Gasteiger charge is 2.42. The molecule has 1 heterocycles. The molecule has 0 bridgehead atoms. The number of likely N-dealkylation sites (N-methyl/N-ethyl adjacent to an activating group) is 1. The van der Waals surface area contributed by atoms with Crippen LogP contribution in [0.3, 0.4) is 0 Å². The van der Waals surface area contributed by atoms with Crippen molar-refractivity contribution in [3.63, 3.8) is 0 Å². The van der Waals surface area contributed by atoms with Crippen molar-refractivity contribution in [3.8, 4) is 11.1 Å². The maximum absolute atomic E-state index is 13.4. The molecule has 0 aromatic heterocycles. The van der Waals surface area contributed by atoms with E-state index in [9.17, 15) is 4.79 Å². The molecule has 35 heavy (non-hydrogen) atoms. The number of rotatable bonds is 6. The zero-order chi connectivity index (χ0) is 24.9. The first-order chi connectivity index (χ1) is 17.0. The van der Waals surface area contributed by atoms with Gasteiger partial charge in [-0.15, -0.1) is 0 Å². The van der Waals surface area contributed by atoms with Gasteiger partial charge in [-0.3, -0.25) is 4.79 Å². The Hall–Kier alpha value is -3.14. The van der Waals surface area contributed by atoms with Crippen molar-refractivity contribution in [1.29, 1.82) is 0 Å². The summed E-state index contributed by atoms with van der Waals surface area (Å²) in [7, 11) is 1.90. The van der Waals surface area contributed by atoms with Crippen LogP contribution >= 0.6 is 0 Å². The maximum atomic E-state index is 13.4. The molecule has 2 aromatic rings. The van der Waals surface area contributed by atoms with Crippen LogP contribution < -0.4 is 0 Å². The highest BCUT2D eigenvalue weighted by Crippen LogP contribution is 2.36. The second-order valence-corrected chi connectivity index (χ2v) is 9.67. The Morgan fingerprint density at radius 3 is 2.31 bits per heavy atom. The molecule has 184 valence electrons. The molecule has 2 aromatic carbocycles. The van der Waals surface area contributed by atoms with E-state index in [0.717, 1.165) is 48.5 Å². The number of carbonyl (C=O) groups is 1. The van der Waals surface area contributed by atoms with Gasteiger partial charge in [-0.1, -0.05) is 87.4 Å². The predicted molar refractivity (Wildman–Crippen MR) is 147 cm³/mol. The van der Waals surface area contributed by atoms with E-state index in [4.69, 9.17) is 4.99 Å². The number of amides is 1. The maximum Gasteiger partial charge on any atom is 0.249 e. The van der Waals surface area contributed by atoms with Crippen LogP contribution in [0.1, 0.15) is 71.8 Å². The molecule has 4 rings (SSSR count). The molecule has 4 nitrogen and oxygen atoms in total. The van der Waals surface area contributed by atoms with Gasteiger partial charge in [-0.05, 0) is 56.2 Å². The monoisotopic (exact) mass is 469 g/mol.